The summed E-state index contributed by atoms with van der Waals surface area (Å²) in [6, 6.07) is 9.32. The van der Waals surface area contributed by atoms with Crippen LogP contribution in [0.15, 0.2) is 51.8 Å². The van der Waals surface area contributed by atoms with Crippen LogP contribution in [0.4, 0.5) is 17.6 Å². The van der Waals surface area contributed by atoms with E-state index in [0.717, 1.165) is 17.0 Å². The Hall–Kier alpha value is -3.01. The van der Waals surface area contributed by atoms with Gasteiger partial charge < -0.3 is 14.3 Å². The molecule has 10 heteroatoms. The van der Waals surface area contributed by atoms with Crippen LogP contribution in [0, 0.1) is 12.7 Å². The number of benzene rings is 2. The first-order chi connectivity index (χ1) is 14.1. The van der Waals surface area contributed by atoms with E-state index in [0.29, 0.717) is 29.0 Å². The number of ether oxygens (including phenoxy) is 1. The van der Waals surface area contributed by atoms with E-state index in [2.05, 4.69) is 4.98 Å². The Labute approximate surface area is 172 Å². The molecular formula is C20H15F4NO4S. The summed E-state index contributed by atoms with van der Waals surface area (Å²) in [6.07, 6.45) is -4.78. The van der Waals surface area contributed by atoms with Gasteiger partial charge in [0.1, 0.15) is 17.3 Å². The normalized spacial score (nSPS) is 11.5. The van der Waals surface area contributed by atoms with E-state index in [1.807, 2.05) is 0 Å². The standard InChI is InChI=1S/C20H15F4NO4S/c1-11-17(10-30-14-4-2-3-13(8-14)28-9-18(26)27)29-19(25-11)12-5-6-15(16(21)7-12)20(22,23)24/h2-8H,9-10H2,1H3,(H,26,27). The van der Waals surface area contributed by atoms with Crippen LogP contribution in [-0.4, -0.2) is 22.7 Å². The van der Waals surface area contributed by atoms with Crippen molar-refractivity contribution in [2.24, 2.45) is 0 Å². The van der Waals surface area contributed by atoms with Gasteiger partial charge in [0.05, 0.1) is 17.0 Å². The molecule has 1 heterocycles. The van der Waals surface area contributed by atoms with Crippen LogP contribution in [-0.2, 0) is 16.7 Å². The highest BCUT2D eigenvalue weighted by molar-refractivity contribution is 7.98. The highest BCUT2D eigenvalue weighted by atomic mass is 32.2. The number of halogens is 4. The predicted molar refractivity (Wildman–Crippen MR) is 101 cm³/mol. The smallest absolute Gasteiger partial charge is 0.419 e. The number of aryl methyl sites for hydroxylation is 1. The van der Waals surface area contributed by atoms with Crippen LogP contribution in [0.5, 0.6) is 5.75 Å². The number of carboxylic acids is 1. The van der Waals surface area contributed by atoms with Crippen LogP contribution in [0.2, 0.25) is 0 Å². The number of rotatable bonds is 7. The molecule has 5 nitrogen and oxygen atoms in total. The minimum atomic E-state index is -4.78. The third-order valence-electron chi connectivity index (χ3n) is 3.95. The lowest BCUT2D eigenvalue weighted by molar-refractivity contribution is -0.140. The third kappa shape index (κ3) is 5.32. The Kier molecular flexibility index (Phi) is 6.35. The summed E-state index contributed by atoms with van der Waals surface area (Å²) in [5.41, 5.74) is -0.727. The molecular weight excluding hydrogens is 426 g/mol. The zero-order chi connectivity index (χ0) is 21.9. The molecule has 3 aromatic rings. The fourth-order valence-electron chi connectivity index (χ4n) is 2.51. The van der Waals surface area contributed by atoms with Crippen LogP contribution >= 0.6 is 11.8 Å². The van der Waals surface area contributed by atoms with E-state index in [1.54, 1.807) is 31.2 Å². The molecule has 158 valence electrons. The second-order valence-corrected chi connectivity index (χ2v) is 7.21. The number of alkyl halides is 3. The van der Waals surface area contributed by atoms with E-state index in [4.69, 9.17) is 14.3 Å². The van der Waals surface area contributed by atoms with E-state index in [9.17, 15) is 22.4 Å². The number of aliphatic carboxylic acids is 1. The Bertz CT molecular complexity index is 1070. The maximum atomic E-state index is 13.8. The molecule has 0 fully saturated rings. The van der Waals surface area contributed by atoms with Crippen LogP contribution < -0.4 is 4.74 Å². The molecule has 0 aliphatic carbocycles. The molecule has 0 aliphatic heterocycles. The van der Waals surface area contributed by atoms with Gasteiger partial charge in [-0.05, 0) is 43.3 Å². The lowest BCUT2D eigenvalue weighted by Gasteiger charge is -2.08. The van der Waals surface area contributed by atoms with Crippen LogP contribution in [0.1, 0.15) is 17.0 Å². The predicted octanol–water partition coefficient (Wildman–Crippen LogP) is 5.56. The minimum Gasteiger partial charge on any atom is -0.482 e. The highest BCUT2D eigenvalue weighted by Crippen LogP contribution is 2.34. The molecule has 0 spiro atoms. The van der Waals surface area contributed by atoms with Crippen molar-refractivity contribution in [2.45, 2.75) is 23.7 Å². The van der Waals surface area contributed by atoms with Crippen molar-refractivity contribution in [3.63, 3.8) is 0 Å². The number of hydrogen-bond donors (Lipinski definition) is 1. The van der Waals surface area contributed by atoms with Crippen LogP contribution in [0.25, 0.3) is 11.5 Å². The van der Waals surface area contributed by atoms with Gasteiger partial charge in [-0.2, -0.15) is 13.2 Å². The molecule has 1 N–H and O–H groups in total. The van der Waals surface area contributed by atoms with Gasteiger partial charge in [-0.1, -0.05) is 6.07 Å². The molecule has 3 rings (SSSR count). The summed E-state index contributed by atoms with van der Waals surface area (Å²) in [5, 5.41) is 8.67. The topological polar surface area (TPSA) is 72.6 Å². The second kappa shape index (κ2) is 8.78. The van der Waals surface area contributed by atoms with Crippen molar-refractivity contribution in [2.75, 3.05) is 6.61 Å². The summed E-state index contributed by atoms with van der Waals surface area (Å²) in [4.78, 5) is 15.5. The average molecular weight is 441 g/mol. The first-order valence-electron chi connectivity index (χ1n) is 8.54. The molecule has 0 radical (unpaired) electrons. The molecule has 0 aliphatic rings. The number of aromatic nitrogens is 1. The quantitative estimate of drug-likeness (QED) is 0.382. The number of hydrogen-bond acceptors (Lipinski definition) is 5. The lowest BCUT2D eigenvalue weighted by atomic mass is 10.1. The van der Waals surface area contributed by atoms with Crippen molar-refractivity contribution in [1.82, 2.24) is 4.98 Å². The van der Waals surface area contributed by atoms with Crippen molar-refractivity contribution in [3.05, 3.63) is 65.3 Å². The summed E-state index contributed by atoms with van der Waals surface area (Å²) in [5.74, 6) is -1.23. The largest absolute Gasteiger partial charge is 0.482 e. The zero-order valence-electron chi connectivity index (χ0n) is 15.5. The number of oxazole rings is 1. The molecule has 0 saturated heterocycles. The average Bonchev–Trinajstić information content (AvgIpc) is 3.05. The Balaban J connectivity index is 1.72. The Morgan fingerprint density at radius 3 is 2.67 bits per heavy atom. The fourth-order valence-corrected chi connectivity index (χ4v) is 3.45. The highest BCUT2D eigenvalue weighted by Gasteiger charge is 2.34. The number of thioether (sulfide) groups is 1. The first kappa shape index (κ1) is 21.7. The summed E-state index contributed by atoms with van der Waals surface area (Å²) in [7, 11) is 0. The maximum absolute atomic E-state index is 13.8. The minimum absolute atomic E-state index is 0.0225. The molecule has 0 amide bonds. The van der Waals surface area contributed by atoms with Gasteiger partial charge in [-0.3, -0.25) is 0 Å². The number of nitrogens with zero attached hydrogens (tertiary/aromatic N) is 1. The van der Waals surface area contributed by atoms with E-state index in [1.165, 1.54) is 11.8 Å². The van der Waals surface area contributed by atoms with E-state index < -0.39 is 30.1 Å². The molecule has 30 heavy (non-hydrogen) atoms. The van der Waals surface area contributed by atoms with E-state index in [-0.39, 0.29) is 11.5 Å². The number of carbonyl (C=O) groups is 1. The molecule has 2 aromatic carbocycles. The van der Waals surface area contributed by atoms with Crippen molar-refractivity contribution in [3.8, 4) is 17.2 Å². The maximum Gasteiger partial charge on any atom is 0.419 e. The summed E-state index contributed by atoms with van der Waals surface area (Å²) < 4.78 is 62.7. The molecule has 0 unspecified atom stereocenters. The lowest BCUT2D eigenvalue weighted by Crippen LogP contribution is -2.09. The van der Waals surface area contributed by atoms with E-state index >= 15 is 0 Å². The fraction of sp³-hybridized carbons (Fsp3) is 0.200. The van der Waals surface area contributed by atoms with Gasteiger partial charge in [0, 0.05) is 10.5 Å². The Morgan fingerprint density at radius 2 is 2.00 bits per heavy atom. The molecule has 0 saturated carbocycles. The summed E-state index contributed by atoms with van der Waals surface area (Å²) >= 11 is 1.37. The molecule has 0 bridgehead atoms. The SMILES string of the molecule is Cc1nc(-c2ccc(C(F)(F)F)c(F)c2)oc1CSc1cccc(OCC(=O)O)c1. The van der Waals surface area contributed by atoms with Crippen molar-refractivity contribution >= 4 is 17.7 Å². The molecule has 0 atom stereocenters. The molecule has 1 aromatic heterocycles. The van der Waals surface area contributed by atoms with Gasteiger partial charge in [-0.25, -0.2) is 14.2 Å². The first-order valence-corrected chi connectivity index (χ1v) is 9.53. The van der Waals surface area contributed by atoms with Gasteiger partial charge in [-0.15, -0.1) is 11.8 Å². The van der Waals surface area contributed by atoms with Crippen molar-refractivity contribution in [1.29, 1.82) is 0 Å². The van der Waals surface area contributed by atoms with Crippen LogP contribution in [0.3, 0.4) is 0 Å². The second-order valence-electron chi connectivity index (χ2n) is 6.17. The van der Waals surface area contributed by atoms with Gasteiger partial charge in [0.2, 0.25) is 5.89 Å². The third-order valence-corrected chi connectivity index (χ3v) is 4.95. The monoisotopic (exact) mass is 441 g/mol. The van der Waals surface area contributed by atoms with Gasteiger partial charge in [0.25, 0.3) is 0 Å². The van der Waals surface area contributed by atoms with Gasteiger partial charge >= 0.3 is 12.1 Å². The number of carboxylic acid groups (broad SMARTS) is 1. The summed E-state index contributed by atoms with van der Waals surface area (Å²) in [6.45, 7) is 1.22. The zero-order valence-corrected chi connectivity index (χ0v) is 16.3. The Morgan fingerprint density at radius 1 is 1.23 bits per heavy atom. The van der Waals surface area contributed by atoms with Gasteiger partial charge in [0.15, 0.2) is 6.61 Å². The van der Waals surface area contributed by atoms with Crippen molar-refractivity contribution < 1.29 is 36.6 Å².